The van der Waals surface area contributed by atoms with Crippen molar-refractivity contribution in [1.82, 2.24) is 4.90 Å². The van der Waals surface area contributed by atoms with Crippen LogP contribution in [0.25, 0.3) is 0 Å². The second-order valence-corrected chi connectivity index (χ2v) is 3.39. The van der Waals surface area contributed by atoms with E-state index in [1.165, 1.54) is 0 Å². The maximum atomic E-state index is 10.7. The molecular formula is C7H13N3O3. The first-order valence-electron chi connectivity index (χ1n) is 3.97. The molecule has 0 aromatic heterocycles. The predicted octanol–water partition coefficient (Wildman–Crippen LogP) is -2.04. The summed E-state index contributed by atoms with van der Waals surface area (Å²) in [5.74, 6) is -1.49. The van der Waals surface area contributed by atoms with Gasteiger partial charge in [-0.05, 0) is 6.42 Å². The minimum Gasteiger partial charge on any atom is -0.480 e. The van der Waals surface area contributed by atoms with E-state index in [0.717, 1.165) is 0 Å². The number of aliphatic carboxylic acids is 1. The van der Waals surface area contributed by atoms with E-state index in [4.69, 9.17) is 16.6 Å². The molecule has 6 nitrogen and oxygen atoms in total. The summed E-state index contributed by atoms with van der Waals surface area (Å²) in [6.45, 7) is 0.767. The van der Waals surface area contributed by atoms with Gasteiger partial charge < -0.3 is 16.6 Å². The first-order chi connectivity index (χ1) is 5.94. The quantitative estimate of drug-likeness (QED) is 0.471. The fourth-order valence-electron chi connectivity index (χ4n) is 1.44. The van der Waals surface area contributed by atoms with Gasteiger partial charge in [-0.25, -0.2) is 0 Å². The van der Waals surface area contributed by atoms with E-state index in [9.17, 15) is 9.59 Å². The zero-order chi connectivity index (χ0) is 10.1. The number of hydrogen-bond donors (Lipinski definition) is 3. The minimum atomic E-state index is -1.21. The number of hydrogen-bond acceptors (Lipinski definition) is 4. The second kappa shape index (κ2) is 3.31. The van der Waals surface area contributed by atoms with Gasteiger partial charge in [0, 0.05) is 13.1 Å². The highest BCUT2D eigenvalue weighted by Crippen LogP contribution is 2.18. The standard InChI is InChI=1S/C7H13N3O3/c8-5(11)3-10-2-1-7(9,4-10)6(12)13/h1-4,9H2,(H2,8,11)(H,12,13). The lowest BCUT2D eigenvalue weighted by Crippen LogP contribution is -2.50. The van der Waals surface area contributed by atoms with Crippen molar-refractivity contribution in [3.8, 4) is 0 Å². The van der Waals surface area contributed by atoms with E-state index >= 15 is 0 Å². The summed E-state index contributed by atoms with van der Waals surface area (Å²) in [4.78, 5) is 22.9. The molecule has 0 spiro atoms. The van der Waals surface area contributed by atoms with Gasteiger partial charge in [-0.1, -0.05) is 0 Å². The van der Waals surface area contributed by atoms with Gasteiger partial charge in [0.05, 0.1) is 6.54 Å². The van der Waals surface area contributed by atoms with Crippen LogP contribution in [-0.4, -0.2) is 47.1 Å². The molecule has 0 saturated carbocycles. The molecule has 1 atom stereocenters. The lowest BCUT2D eigenvalue weighted by atomic mass is 10.0. The van der Waals surface area contributed by atoms with Crippen LogP contribution in [0.2, 0.25) is 0 Å². The highest BCUT2D eigenvalue weighted by atomic mass is 16.4. The summed E-state index contributed by atoms with van der Waals surface area (Å²) in [6.07, 6.45) is 0.357. The van der Waals surface area contributed by atoms with Crippen molar-refractivity contribution < 1.29 is 14.7 Å². The molecule has 0 aromatic rings. The van der Waals surface area contributed by atoms with Crippen molar-refractivity contribution in [1.29, 1.82) is 0 Å². The van der Waals surface area contributed by atoms with Gasteiger partial charge in [0.15, 0.2) is 0 Å². The molecule has 0 radical (unpaired) electrons. The maximum absolute atomic E-state index is 10.7. The number of likely N-dealkylation sites (tertiary alicyclic amines) is 1. The van der Waals surface area contributed by atoms with Crippen LogP contribution >= 0.6 is 0 Å². The third-order valence-corrected chi connectivity index (χ3v) is 2.19. The van der Waals surface area contributed by atoms with Crippen LogP contribution in [0.4, 0.5) is 0 Å². The average Bonchev–Trinajstić information content (AvgIpc) is 2.32. The Morgan fingerprint density at radius 1 is 1.54 bits per heavy atom. The molecule has 1 amide bonds. The Bertz CT molecular complexity index is 243. The monoisotopic (exact) mass is 187 g/mol. The van der Waals surface area contributed by atoms with E-state index in [0.29, 0.717) is 13.0 Å². The Morgan fingerprint density at radius 3 is 2.54 bits per heavy atom. The number of nitrogens with two attached hydrogens (primary N) is 2. The Labute approximate surface area is 75.5 Å². The first kappa shape index (κ1) is 9.94. The van der Waals surface area contributed by atoms with Gasteiger partial charge in [-0.15, -0.1) is 0 Å². The molecule has 1 saturated heterocycles. The van der Waals surface area contributed by atoms with E-state index < -0.39 is 17.4 Å². The van der Waals surface area contributed by atoms with Crippen LogP contribution in [0, 0.1) is 0 Å². The van der Waals surface area contributed by atoms with Gasteiger partial charge in [0.1, 0.15) is 5.54 Å². The fourth-order valence-corrected chi connectivity index (χ4v) is 1.44. The average molecular weight is 187 g/mol. The molecule has 0 bridgehead atoms. The van der Waals surface area contributed by atoms with Gasteiger partial charge >= 0.3 is 5.97 Å². The summed E-state index contributed by atoms with van der Waals surface area (Å²) in [6, 6.07) is 0. The first-order valence-corrected chi connectivity index (χ1v) is 3.97. The highest BCUT2D eigenvalue weighted by Gasteiger charge is 2.41. The summed E-state index contributed by atoms with van der Waals surface area (Å²) < 4.78 is 0. The molecule has 0 aromatic carbocycles. The molecule has 1 heterocycles. The van der Waals surface area contributed by atoms with Crippen molar-refractivity contribution in [2.24, 2.45) is 11.5 Å². The van der Waals surface area contributed by atoms with E-state index in [1.807, 2.05) is 0 Å². The molecule has 1 unspecified atom stereocenters. The summed E-state index contributed by atoms with van der Waals surface area (Å²) in [7, 11) is 0. The van der Waals surface area contributed by atoms with Gasteiger partial charge in [0.2, 0.25) is 5.91 Å². The number of carbonyl (C=O) groups is 2. The van der Waals surface area contributed by atoms with Crippen LogP contribution in [0.15, 0.2) is 0 Å². The largest absolute Gasteiger partial charge is 0.480 e. The lowest BCUT2D eigenvalue weighted by Gasteiger charge is -2.18. The Balaban J connectivity index is 2.53. The van der Waals surface area contributed by atoms with Crippen molar-refractivity contribution in [2.45, 2.75) is 12.0 Å². The van der Waals surface area contributed by atoms with Crippen LogP contribution < -0.4 is 11.5 Å². The zero-order valence-corrected chi connectivity index (χ0v) is 7.19. The van der Waals surface area contributed by atoms with E-state index in [2.05, 4.69) is 0 Å². The smallest absolute Gasteiger partial charge is 0.325 e. The molecule has 1 aliphatic heterocycles. The normalized spacial score (nSPS) is 29.0. The highest BCUT2D eigenvalue weighted by molar-refractivity contribution is 5.80. The van der Waals surface area contributed by atoms with Crippen LogP contribution in [0.3, 0.4) is 0 Å². The Morgan fingerprint density at radius 2 is 2.15 bits per heavy atom. The van der Waals surface area contributed by atoms with Gasteiger partial charge in [-0.2, -0.15) is 0 Å². The number of nitrogens with zero attached hydrogens (tertiary/aromatic N) is 1. The molecule has 1 aliphatic rings. The fraction of sp³-hybridized carbons (Fsp3) is 0.714. The third kappa shape index (κ3) is 2.16. The molecule has 6 heteroatoms. The number of carboxylic acids is 1. The summed E-state index contributed by atoms with van der Waals surface area (Å²) in [5.41, 5.74) is 9.33. The zero-order valence-electron chi connectivity index (χ0n) is 7.19. The molecule has 0 aliphatic carbocycles. The summed E-state index contributed by atoms with van der Waals surface area (Å²) in [5, 5.41) is 8.76. The summed E-state index contributed by atoms with van der Waals surface area (Å²) >= 11 is 0. The second-order valence-electron chi connectivity index (χ2n) is 3.39. The Kier molecular flexibility index (Phi) is 2.53. The van der Waals surface area contributed by atoms with Crippen molar-refractivity contribution in [3.63, 3.8) is 0 Å². The van der Waals surface area contributed by atoms with Crippen LogP contribution in [-0.2, 0) is 9.59 Å². The molecular weight excluding hydrogens is 174 g/mol. The maximum Gasteiger partial charge on any atom is 0.325 e. The lowest BCUT2D eigenvalue weighted by molar-refractivity contribution is -0.143. The minimum absolute atomic E-state index is 0.0756. The van der Waals surface area contributed by atoms with Crippen LogP contribution in [0.1, 0.15) is 6.42 Å². The number of primary amides is 1. The number of carboxylic acid groups (broad SMARTS) is 1. The van der Waals surface area contributed by atoms with Crippen molar-refractivity contribution >= 4 is 11.9 Å². The SMILES string of the molecule is NC(=O)CN1CCC(N)(C(=O)O)C1. The molecule has 13 heavy (non-hydrogen) atoms. The predicted molar refractivity (Wildman–Crippen MR) is 44.8 cm³/mol. The van der Waals surface area contributed by atoms with Gasteiger partial charge in [0.25, 0.3) is 0 Å². The number of amides is 1. The number of carbonyl (C=O) groups excluding carboxylic acids is 1. The van der Waals surface area contributed by atoms with E-state index in [-0.39, 0.29) is 13.1 Å². The van der Waals surface area contributed by atoms with Gasteiger partial charge in [-0.3, -0.25) is 14.5 Å². The molecule has 1 fully saturated rings. The van der Waals surface area contributed by atoms with E-state index in [1.54, 1.807) is 4.90 Å². The third-order valence-electron chi connectivity index (χ3n) is 2.19. The molecule has 1 rings (SSSR count). The molecule has 5 N–H and O–H groups in total. The Hall–Kier alpha value is -1.14. The number of rotatable bonds is 3. The topological polar surface area (TPSA) is 110 Å². The van der Waals surface area contributed by atoms with Crippen LogP contribution in [0.5, 0.6) is 0 Å². The van der Waals surface area contributed by atoms with Crippen molar-refractivity contribution in [3.05, 3.63) is 0 Å². The van der Waals surface area contributed by atoms with Crippen molar-refractivity contribution in [2.75, 3.05) is 19.6 Å². The molecule has 74 valence electrons.